The maximum Gasteiger partial charge on any atom is 0.274 e. The number of likely N-dealkylation sites (N-methyl/N-ethyl adjacent to an activating group) is 1. The van der Waals surface area contributed by atoms with Crippen LogP contribution in [-0.2, 0) is 4.79 Å². The number of benzene rings is 1. The van der Waals surface area contributed by atoms with Crippen LogP contribution in [0.2, 0.25) is 5.02 Å². The van der Waals surface area contributed by atoms with Gasteiger partial charge in [0.25, 0.3) is 5.91 Å². The van der Waals surface area contributed by atoms with Crippen molar-refractivity contribution < 1.29 is 14.0 Å². The van der Waals surface area contributed by atoms with E-state index in [1.54, 1.807) is 58.1 Å². The second-order valence-corrected chi connectivity index (χ2v) is 7.12. The van der Waals surface area contributed by atoms with Crippen molar-refractivity contribution in [3.05, 3.63) is 59.4 Å². The zero-order valence-corrected chi connectivity index (χ0v) is 16.1. The largest absolute Gasteiger partial charge is 0.463 e. The molecular weight excluding hydrogens is 380 g/mol. The molecule has 144 valence electrons. The molecule has 0 radical (unpaired) electrons. The standard InChI is InChI=1S/C20H19ClN4O3/c1-23-8-4-9-24(13-19(23)26)20(27)16-12-17(18-7-3-10-28-18)25(22-16)15-6-2-5-14(21)11-15/h2-3,5-7,10-12H,4,8-9,13H2,1H3. The van der Waals surface area contributed by atoms with Crippen LogP contribution in [0.5, 0.6) is 0 Å². The summed E-state index contributed by atoms with van der Waals surface area (Å²) in [6, 6.07) is 12.5. The lowest BCUT2D eigenvalue weighted by molar-refractivity contribution is -0.129. The van der Waals surface area contributed by atoms with Gasteiger partial charge in [-0.2, -0.15) is 5.10 Å². The molecule has 0 spiro atoms. The molecule has 1 fully saturated rings. The number of nitrogens with zero attached hydrogens (tertiary/aromatic N) is 4. The first-order valence-electron chi connectivity index (χ1n) is 8.96. The smallest absolute Gasteiger partial charge is 0.274 e. The third-order valence-corrected chi connectivity index (χ3v) is 4.95. The average Bonchev–Trinajstić information content (AvgIpc) is 3.32. The molecule has 4 rings (SSSR count). The molecule has 28 heavy (non-hydrogen) atoms. The number of carbonyl (C=O) groups is 2. The molecule has 2 amide bonds. The second-order valence-electron chi connectivity index (χ2n) is 6.68. The Bertz CT molecular complexity index is 1010. The van der Waals surface area contributed by atoms with E-state index in [1.807, 2.05) is 12.1 Å². The Kier molecular flexibility index (Phi) is 4.92. The minimum Gasteiger partial charge on any atom is -0.463 e. The van der Waals surface area contributed by atoms with Gasteiger partial charge in [0.15, 0.2) is 11.5 Å². The normalized spacial score (nSPS) is 15.0. The molecule has 1 saturated heterocycles. The van der Waals surface area contributed by atoms with Crippen LogP contribution in [0.3, 0.4) is 0 Å². The predicted octanol–water partition coefficient (Wildman–Crippen LogP) is 3.09. The first-order chi connectivity index (χ1) is 13.5. The van der Waals surface area contributed by atoms with Crippen LogP contribution < -0.4 is 0 Å². The van der Waals surface area contributed by atoms with Crippen LogP contribution in [0, 0.1) is 0 Å². The molecule has 0 aliphatic carbocycles. The molecule has 1 aliphatic rings. The molecule has 1 aromatic carbocycles. The van der Waals surface area contributed by atoms with Crippen LogP contribution in [-0.4, -0.2) is 58.1 Å². The Labute approximate surface area is 167 Å². The minimum atomic E-state index is -0.280. The summed E-state index contributed by atoms with van der Waals surface area (Å²) >= 11 is 6.13. The van der Waals surface area contributed by atoms with Crippen LogP contribution >= 0.6 is 11.6 Å². The molecule has 3 aromatic rings. The van der Waals surface area contributed by atoms with Gasteiger partial charge >= 0.3 is 0 Å². The summed E-state index contributed by atoms with van der Waals surface area (Å²) in [7, 11) is 1.75. The summed E-state index contributed by atoms with van der Waals surface area (Å²) in [6.07, 6.45) is 2.30. The van der Waals surface area contributed by atoms with E-state index in [-0.39, 0.29) is 24.1 Å². The van der Waals surface area contributed by atoms with Crippen LogP contribution in [0.15, 0.2) is 53.1 Å². The fraction of sp³-hybridized carbons (Fsp3) is 0.250. The Hall–Kier alpha value is -3.06. The highest BCUT2D eigenvalue weighted by Gasteiger charge is 2.27. The molecule has 0 unspecified atom stereocenters. The summed E-state index contributed by atoms with van der Waals surface area (Å²) in [4.78, 5) is 28.4. The number of carbonyl (C=O) groups excluding carboxylic acids is 2. The highest BCUT2D eigenvalue weighted by molar-refractivity contribution is 6.30. The maximum absolute atomic E-state index is 13.1. The molecule has 0 N–H and O–H groups in total. The van der Waals surface area contributed by atoms with Gasteiger partial charge in [-0.15, -0.1) is 0 Å². The lowest BCUT2D eigenvalue weighted by Gasteiger charge is -2.18. The van der Waals surface area contributed by atoms with Crippen LogP contribution in [0.4, 0.5) is 0 Å². The molecule has 8 heteroatoms. The van der Waals surface area contributed by atoms with Crippen molar-refractivity contribution in [2.24, 2.45) is 0 Å². The van der Waals surface area contributed by atoms with Crippen LogP contribution in [0.1, 0.15) is 16.9 Å². The van der Waals surface area contributed by atoms with Crippen molar-refractivity contribution in [2.45, 2.75) is 6.42 Å². The molecule has 0 atom stereocenters. The van der Waals surface area contributed by atoms with E-state index in [1.165, 1.54) is 0 Å². The molecule has 0 bridgehead atoms. The Balaban J connectivity index is 1.73. The molecule has 1 aliphatic heterocycles. The van der Waals surface area contributed by atoms with Gasteiger partial charge < -0.3 is 14.2 Å². The number of halogens is 1. The summed E-state index contributed by atoms with van der Waals surface area (Å²) in [6.45, 7) is 1.20. The fourth-order valence-corrected chi connectivity index (χ4v) is 3.40. The number of furan rings is 1. The maximum atomic E-state index is 13.1. The van der Waals surface area contributed by atoms with E-state index in [0.29, 0.717) is 35.3 Å². The monoisotopic (exact) mass is 398 g/mol. The first kappa shape index (κ1) is 18.3. The lowest BCUT2D eigenvalue weighted by Crippen LogP contribution is -2.38. The number of hydrogen-bond acceptors (Lipinski definition) is 4. The Morgan fingerprint density at radius 3 is 2.79 bits per heavy atom. The Morgan fingerprint density at radius 2 is 2.04 bits per heavy atom. The van der Waals surface area contributed by atoms with E-state index in [4.69, 9.17) is 16.0 Å². The molecule has 0 saturated carbocycles. The zero-order valence-electron chi connectivity index (χ0n) is 15.3. The Morgan fingerprint density at radius 1 is 1.18 bits per heavy atom. The van der Waals surface area contributed by atoms with Crippen molar-refractivity contribution in [3.63, 3.8) is 0 Å². The highest BCUT2D eigenvalue weighted by atomic mass is 35.5. The van der Waals surface area contributed by atoms with Gasteiger partial charge in [-0.3, -0.25) is 9.59 Å². The predicted molar refractivity (Wildman–Crippen MR) is 104 cm³/mol. The van der Waals surface area contributed by atoms with Gasteiger partial charge in [-0.05, 0) is 36.8 Å². The minimum absolute atomic E-state index is 0.0510. The number of aromatic nitrogens is 2. The van der Waals surface area contributed by atoms with Crippen LogP contribution in [0.25, 0.3) is 17.1 Å². The first-order valence-corrected chi connectivity index (χ1v) is 9.34. The summed E-state index contributed by atoms with van der Waals surface area (Å²) < 4.78 is 7.15. The molecular formula is C20H19ClN4O3. The third-order valence-electron chi connectivity index (χ3n) is 4.72. The summed E-state index contributed by atoms with van der Waals surface area (Å²) in [5, 5.41) is 5.07. The SMILES string of the molecule is CN1CCCN(C(=O)c2cc(-c3ccco3)n(-c3cccc(Cl)c3)n2)CC1=O. The molecule has 7 nitrogen and oxygen atoms in total. The van der Waals surface area contributed by atoms with Gasteiger partial charge in [-0.1, -0.05) is 17.7 Å². The average molecular weight is 399 g/mol. The number of rotatable bonds is 3. The van der Waals surface area contributed by atoms with Gasteiger partial charge in [-0.25, -0.2) is 4.68 Å². The topological polar surface area (TPSA) is 71.6 Å². The van der Waals surface area contributed by atoms with Crippen molar-refractivity contribution in [1.82, 2.24) is 19.6 Å². The zero-order chi connectivity index (χ0) is 19.7. The summed E-state index contributed by atoms with van der Waals surface area (Å²) in [5.41, 5.74) is 1.60. The van der Waals surface area contributed by atoms with Gasteiger partial charge in [0, 0.05) is 31.2 Å². The van der Waals surface area contributed by atoms with Crippen molar-refractivity contribution in [2.75, 3.05) is 26.7 Å². The quantitative estimate of drug-likeness (QED) is 0.679. The third kappa shape index (κ3) is 3.53. The summed E-state index contributed by atoms with van der Waals surface area (Å²) in [5.74, 6) is 0.224. The number of hydrogen-bond donors (Lipinski definition) is 0. The van der Waals surface area contributed by atoms with E-state index in [9.17, 15) is 9.59 Å². The van der Waals surface area contributed by atoms with E-state index in [0.717, 1.165) is 6.42 Å². The highest BCUT2D eigenvalue weighted by Crippen LogP contribution is 2.26. The van der Waals surface area contributed by atoms with Crippen molar-refractivity contribution >= 4 is 23.4 Å². The van der Waals surface area contributed by atoms with E-state index >= 15 is 0 Å². The van der Waals surface area contributed by atoms with Crippen molar-refractivity contribution in [1.29, 1.82) is 0 Å². The lowest BCUT2D eigenvalue weighted by atomic mass is 10.2. The number of amides is 2. The van der Waals surface area contributed by atoms with Crippen molar-refractivity contribution in [3.8, 4) is 17.1 Å². The van der Waals surface area contributed by atoms with E-state index < -0.39 is 0 Å². The molecule has 3 heterocycles. The second kappa shape index (κ2) is 7.52. The molecule has 2 aromatic heterocycles. The van der Waals surface area contributed by atoms with Gasteiger partial charge in [0.1, 0.15) is 12.2 Å². The van der Waals surface area contributed by atoms with Gasteiger partial charge in [0.2, 0.25) is 5.91 Å². The fourth-order valence-electron chi connectivity index (χ4n) is 3.21. The van der Waals surface area contributed by atoms with E-state index in [2.05, 4.69) is 5.10 Å². The van der Waals surface area contributed by atoms with Gasteiger partial charge in [0.05, 0.1) is 12.0 Å².